The first kappa shape index (κ1) is 16.4. The number of nitrogens with one attached hydrogen (secondary N) is 1. The van der Waals surface area contributed by atoms with E-state index in [9.17, 15) is 0 Å². The second-order valence-corrected chi connectivity index (χ2v) is 6.13. The smallest absolute Gasteiger partial charge is 0.0634 e. The quantitative estimate of drug-likeness (QED) is 0.883. The summed E-state index contributed by atoms with van der Waals surface area (Å²) in [4.78, 5) is 6.49. The van der Waals surface area contributed by atoms with E-state index >= 15 is 0 Å². The van der Waals surface area contributed by atoms with E-state index in [1.54, 1.807) is 12.4 Å². The highest BCUT2D eigenvalue weighted by Crippen LogP contribution is 2.18. The first-order valence-electron chi connectivity index (χ1n) is 8.00. The van der Waals surface area contributed by atoms with Gasteiger partial charge in [0.25, 0.3) is 0 Å². The average molecular weight is 332 g/mol. The lowest BCUT2D eigenvalue weighted by molar-refractivity contribution is 0.0333. The van der Waals surface area contributed by atoms with Gasteiger partial charge in [-0.2, -0.15) is 0 Å². The van der Waals surface area contributed by atoms with Crippen LogP contribution in [-0.4, -0.2) is 42.7 Å². The van der Waals surface area contributed by atoms with Crippen LogP contribution in [0.4, 0.5) is 0 Å². The first-order valence-corrected chi connectivity index (χ1v) is 8.37. The number of pyridine rings is 1. The molecule has 1 aromatic heterocycles. The van der Waals surface area contributed by atoms with Gasteiger partial charge in [-0.3, -0.25) is 9.88 Å². The molecular weight excluding hydrogens is 310 g/mol. The third kappa shape index (κ3) is 4.75. The monoisotopic (exact) mass is 331 g/mol. The Morgan fingerprint density at radius 1 is 1.17 bits per heavy atom. The van der Waals surface area contributed by atoms with Gasteiger partial charge in [-0.25, -0.2) is 0 Å². The molecule has 1 aliphatic heterocycles. The number of hydrogen-bond acceptors (Lipinski definition) is 4. The summed E-state index contributed by atoms with van der Waals surface area (Å²) in [6.07, 6.45) is 3.47. The summed E-state index contributed by atoms with van der Waals surface area (Å²) in [6, 6.07) is 12.8. The van der Waals surface area contributed by atoms with Crippen LogP contribution in [0.15, 0.2) is 48.8 Å². The predicted molar refractivity (Wildman–Crippen MR) is 92.5 cm³/mol. The zero-order valence-corrected chi connectivity index (χ0v) is 13.9. The lowest BCUT2D eigenvalue weighted by Crippen LogP contribution is -2.41. The Bertz CT molecular complexity index is 602. The Hall–Kier alpha value is -1.46. The normalized spacial score (nSPS) is 17.1. The molecule has 122 valence electrons. The molecule has 0 spiro atoms. The molecule has 1 aliphatic rings. The van der Waals surface area contributed by atoms with Gasteiger partial charge in [0, 0.05) is 44.6 Å². The number of nitrogens with zero attached hydrogens (tertiary/aromatic N) is 2. The van der Waals surface area contributed by atoms with E-state index in [4.69, 9.17) is 16.3 Å². The highest BCUT2D eigenvalue weighted by atomic mass is 35.5. The van der Waals surface area contributed by atoms with Crippen molar-refractivity contribution in [3.05, 3.63) is 64.9 Å². The van der Waals surface area contributed by atoms with Gasteiger partial charge in [-0.05, 0) is 17.2 Å². The van der Waals surface area contributed by atoms with E-state index < -0.39 is 0 Å². The highest BCUT2D eigenvalue weighted by Gasteiger charge is 2.18. The molecule has 4 nitrogen and oxygen atoms in total. The van der Waals surface area contributed by atoms with E-state index in [1.807, 2.05) is 6.07 Å². The number of rotatable bonds is 6. The van der Waals surface area contributed by atoms with Gasteiger partial charge in [0.1, 0.15) is 0 Å². The molecule has 3 rings (SSSR count). The molecule has 0 amide bonds. The van der Waals surface area contributed by atoms with E-state index in [0.717, 1.165) is 45.0 Å². The SMILES string of the molecule is Clc1cnccc1CN[C@@H](CN1CCOCC1)c1ccccc1. The zero-order chi connectivity index (χ0) is 15.9. The summed E-state index contributed by atoms with van der Waals surface area (Å²) in [6.45, 7) is 5.30. The van der Waals surface area contributed by atoms with Gasteiger partial charge in [0.15, 0.2) is 0 Å². The van der Waals surface area contributed by atoms with Gasteiger partial charge in [0.2, 0.25) is 0 Å². The summed E-state index contributed by atoms with van der Waals surface area (Å²) >= 11 is 6.22. The van der Waals surface area contributed by atoms with Crippen molar-refractivity contribution in [2.24, 2.45) is 0 Å². The van der Waals surface area contributed by atoms with Gasteiger partial charge < -0.3 is 10.1 Å². The van der Waals surface area contributed by atoms with Crippen LogP contribution in [-0.2, 0) is 11.3 Å². The molecule has 0 radical (unpaired) electrons. The molecule has 1 fully saturated rings. The molecule has 23 heavy (non-hydrogen) atoms. The van der Waals surface area contributed by atoms with Crippen molar-refractivity contribution in [2.45, 2.75) is 12.6 Å². The van der Waals surface area contributed by atoms with E-state index in [0.29, 0.717) is 5.02 Å². The molecule has 1 saturated heterocycles. The lowest BCUT2D eigenvalue weighted by Gasteiger charge is -2.31. The molecule has 0 aliphatic carbocycles. The third-order valence-corrected chi connectivity index (χ3v) is 4.48. The van der Waals surface area contributed by atoms with Crippen molar-refractivity contribution >= 4 is 11.6 Å². The van der Waals surface area contributed by atoms with Crippen molar-refractivity contribution in [1.29, 1.82) is 0 Å². The standard InChI is InChI=1S/C18H22ClN3O/c19-17-13-20-7-6-16(17)12-21-18(15-4-2-1-3-5-15)14-22-8-10-23-11-9-22/h1-7,13,18,21H,8-12,14H2/t18-/m0/s1. The summed E-state index contributed by atoms with van der Waals surface area (Å²) in [5, 5.41) is 4.35. The van der Waals surface area contributed by atoms with Gasteiger partial charge in [0.05, 0.1) is 18.2 Å². The minimum Gasteiger partial charge on any atom is -0.379 e. The molecule has 0 saturated carbocycles. The number of halogens is 1. The van der Waals surface area contributed by atoms with E-state index in [1.165, 1.54) is 5.56 Å². The summed E-state index contributed by atoms with van der Waals surface area (Å²) in [5.74, 6) is 0. The fraction of sp³-hybridized carbons (Fsp3) is 0.389. The van der Waals surface area contributed by atoms with Gasteiger partial charge in [-0.15, -0.1) is 0 Å². The summed E-state index contributed by atoms with van der Waals surface area (Å²) in [7, 11) is 0. The van der Waals surface area contributed by atoms with Crippen LogP contribution >= 0.6 is 11.6 Å². The second kappa shape index (κ2) is 8.41. The van der Waals surface area contributed by atoms with Crippen molar-refractivity contribution in [2.75, 3.05) is 32.8 Å². The van der Waals surface area contributed by atoms with Crippen LogP contribution in [0.1, 0.15) is 17.2 Å². The van der Waals surface area contributed by atoms with Crippen molar-refractivity contribution in [1.82, 2.24) is 15.2 Å². The van der Waals surface area contributed by atoms with Crippen molar-refractivity contribution < 1.29 is 4.74 Å². The van der Waals surface area contributed by atoms with Crippen molar-refractivity contribution in [3.63, 3.8) is 0 Å². The van der Waals surface area contributed by atoms with Crippen LogP contribution < -0.4 is 5.32 Å². The van der Waals surface area contributed by atoms with Crippen LogP contribution in [0, 0.1) is 0 Å². The molecule has 2 aromatic rings. The van der Waals surface area contributed by atoms with E-state index in [-0.39, 0.29) is 6.04 Å². The number of benzene rings is 1. The maximum Gasteiger partial charge on any atom is 0.0634 e. The Morgan fingerprint density at radius 3 is 2.70 bits per heavy atom. The predicted octanol–water partition coefficient (Wildman–Crippen LogP) is 2.90. The fourth-order valence-electron chi connectivity index (χ4n) is 2.80. The largest absolute Gasteiger partial charge is 0.379 e. The van der Waals surface area contributed by atoms with Gasteiger partial charge >= 0.3 is 0 Å². The summed E-state index contributed by atoms with van der Waals surface area (Å²) in [5.41, 5.74) is 2.37. The average Bonchev–Trinajstić information content (AvgIpc) is 2.61. The van der Waals surface area contributed by atoms with Gasteiger partial charge in [-0.1, -0.05) is 41.9 Å². The zero-order valence-electron chi connectivity index (χ0n) is 13.1. The second-order valence-electron chi connectivity index (χ2n) is 5.72. The van der Waals surface area contributed by atoms with Crippen LogP contribution in [0.5, 0.6) is 0 Å². The third-order valence-electron chi connectivity index (χ3n) is 4.14. The fourth-order valence-corrected chi connectivity index (χ4v) is 2.98. The Kier molecular flexibility index (Phi) is 6.00. The molecular formula is C18H22ClN3O. The molecule has 1 atom stereocenters. The Balaban J connectivity index is 1.68. The van der Waals surface area contributed by atoms with Crippen molar-refractivity contribution in [3.8, 4) is 0 Å². The molecule has 1 N–H and O–H groups in total. The van der Waals surface area contributed by atoms with E-state index in [2.05, 4.69) is 45.5 Å². The minimum absolute atomic E-state index is 0.263. The number of morpholine rings is 1. The highest BCUT2D eigenvalue weighted by molar-refractivity contribution is 6.31. The first-order chi connectivity index (χ1) is 11.3. The molecule has 2 heterocycles. The molecule has 5 heteroatoms. The Morgan fingerprint density at radius 2 is 1.96 bits per heavy atom. The minimum atomic E-state index is 0.263. The topological polar surface area (TPSA) is 37.4 Å². The number of ether oxygens (including phenoxy) is 1. The Labute approximate surface area is 142 Å². The van der Waals surface area contributed by atoms with Crippen LogP contribution in [0.2, 0.25) is 5.02 Å². The summed E-state index contributed by atoms with van der Waals surface area (Å²) < 4.78 is 5.45. The molecule has 1 aromatic carbocycles. The maximum atomic E-state index is 6.22. The number of aromatic nitrogens is 1. The maximum absolute atomic E-state index is 6.22. The van der Waals surface area contributed by atoms with Crippen LogP contribution in [0.3, 0.4) is 0 Å². The lowest BCUT2D eigenvalue weighted by atomic mass is 10.1. The molecule has 0 unspecified atom stereocenters. The van der Waals surface area contributed by atoms with Crippen LogP contribution in [0.25, 0.3) is 0 Å². The number of hydrogen-bond donors (Lipinski definition) is 1. The molecule has 0 bridgehead atoms.